The van der Waals surface area contributed by atoms with Crippen molar-refractivity contribution in [2.45, 2.75) is 45.6 Å². The molecule has 0 aromatic heterocycles. The van der Waals surface area contributed by atoms with Gasteiger partial charge in [-0.15, -0.1) is 0 Å². The molecule has 1 saturated heterocycles. The van der Waals surface area contributed by atoms with Crippen molar-refractivity contribution in [3.8, 4) is 5.75 Å². The Kier molecular flexibility index (Phi) is 6.69. The molecule has 1 aliphatic heterocycles. The van der Waals surface area contributed by atoms with Gasteiger partial charge in [0.25, 0.3) is 5.91 Å². The van der Waals surface area contributed by atoms with E-state index in [9.17, 15) is 9.59 Å². The summed E-state index contributed by atoms with van der Waals surface area (Å²) in [6.45, 7) is 5.40. The molecule has 5 nitrogen and oxygen atoms in total. The molecule has 2 aromatic carbocycles. The first-order valence-electron chi connectivity index (χ1n) is 9.97. The predicted octanol–water partition coefficient (Wildman–Crippen LogP) is 3.96. The van der Waals surface area contributed by atoms with Crippen molar-refractivity contribution < 1.29 is 14.3 Å². The first-order chi connectivity index (χ1) is 13.5. The summed E-state index contributed by atoms with van der Waals surface area (Å²) in [7, 11) is 0. The van der Waals surface area contributed by atoms with Crippen LogP contribution < -0.4 is 15.0 Å². The molecule has 1 heterocycles. The third-order valence-electron chi connectivity index (χ3n) is 4.74. The molecule has 0 aliphatic carbocycles. The van der Waals surface area contributed by atoms with E-state index in [1.807, 2.05) is 38.1 Å². The van der Waals surface area contributed by atoms with Gasteiger partial charge < -0.3 is 15.0 Å². The van der Waals surface area contributed by atoms with Gasteiger partial charge in [-0.05, 0) is 75.1 Å². The van der Waals surface area contributed by atoms with Gasteiger partial charge in [0.05, 0.1) is 6.10 Å². The number of rotatable bonds is 8. The number of amides is 2. The molecule has 2 aromatic rings. The lowest BCUT2D eigenvalue weighted by atomic mass is 10.1. The van der Waals surface area contributed by atoms with Crippen LogP contribution in [-0.2, 0) is 11.2 Å². The van der Waals surface area contributed by atoms with E-state index in [4.69, 9.17) is 4.74 Å². The molecule has 0 unspecified atom stereocenters. The van der Waals surface area contributed by atoms with E-state index in [-0.39, 0.29) is 17.9 Å². The molecule has 28 heavy (non-hydrogen) atoms. The second-order valence-corrected chi connectivity index (χ2v) is 7.37. The largest absolute Gasteiger partial charge is 0.491 e. The van der Waals surface area contributed by atoms with E-state index >= 15 is 0 Å². The molecule has 5 heteroatoms. The molecule has 1 aliphatic rings. The quantitative estimate of drug-likeness (QED) is 0.705. The van der Waals surface area contributed by atoms with Crippen LogP contribution in [0.25, 0.3) is 0 Å². The third kappa shape index (κ3) is 5.35. The van der Waals surface area contributed by atoms with E-state index < -0.39 is 0 Å². The highest BCUT2D eigenvalue weighted by molar-refractivity contribution is 5.97. The monoisotopic (exact) mass is 380 g/mol. The number of ether oxygens (including phenoxy) is 1. The SMILES string of the molecule is CC(C)Oc1ccc(CCCNC(=O)c2ccc(N3CCCC3=O)cc2)cc1. The van der Waals surface area contributed by atoms with E-state index in [0.29, 0.717) is 18.5 Å². The van der Waals surface area contributed by atoms with Crippen LogP contribution in [-0.4, -0.2) is 31.0 Å². The highest BCUT2D eigenvalue weighted by Gasteiger charge is 2.21. The van der Waals surface area contributed by atoms with Crippen molar-refractivity contribution in [3.05, 3.63) is 59.7 Å². The maximum Gasteiger partial charge on any atom is 0.251 e. The minimum Gasteiger partial charge on any atom is -0.491 e. The summed E-state index contributed by atoms with van der Waals surface area (Å²) in [4.78, 5) is 25.9. The Balaban J connectivity index is 1.42. The lowest BCUT2D eigenvalue weighted by Gasteiger charge is -2.15. The Morgan fingerprint density at radius 1 is 1.11 bits per heavy atom. The Morgan fingerprint density at radius 2 is 1.82 bits per heavy atom. The van der Waals surface area contributed by atoms with Crippen LogP contribution >= 0.6 is 0 Å². The first-order valence-corrected chi connectivity index (χ1v) is 9.97. The summed E-state index contributed by atoms with van der Waals surface area (Å²) in [5.41, 5.74) is 2.71. The number of benzene rings is 2. The van der Waals surface area contributed by atoms with Crippen LogP contribution in [0.15, 0.2) is 48.5 Å². The fourth-order valence-electron chi connectivity index (χ4n) is 3.32. The predicted molar refractivity (Wildman–Crippen MR) is 111 cm³/mol. The molecule has 0 bridgehead atoms. The van der Waals surface area contributed by atoms with Crippen LogP contribution in [0.2, 0.25) is 0 Å². The minimum absolute atomic E-state index is 0.0834. The van der Waals surface area contributed by atoms with Gasteiger partial charge in [-0.3, -0.25) is 9.59 Å². The molecule has 2 amide bonds. The molecule has 1 N–H and O–H groups in total. The van der Waals surface area contributed by atoms with Crippen LogP contribution in [0.3, 0.4) is 0 Å². The Hall–Kier alpha value is -2.82. The molecule has 0 radical (unpaired) electrons. The van der Waals surface area contributed by atoms with Crippen LogP contribution in [0.4, 0.5) is 5.69 Å². The summed E-state index contributed by atoms with van der Waals surface area (Å²) in [6, 6.07) is 15.4. The van der Waals surface area contributed by atoms with Gasteiger partial charge in [0.2, 0.25) is 5.91 Å². The maximum atomic E-state index is 12.3. The van der Waals surface area contributed by atoms with Gasteiger partial charge in [-0.25, -0.2) is 0 Å². The van der Waals surface area contributed by atoms with Crippen molar-refractivity contribution in [3.63, 3.8) is 0 Å². The van der Waals surface area contributed by atoms with Crippen molar-refractivity contribution in [2.75, 3.05) is 18.0 Å². The molecular weight excluding hydrogens is 352 g/mol. The number of carbonyl (C=O) groups is 2. The van der Waals surface area contributed by atoms with Crippen molar-refractivity contribution in [1.29, 1.82) is 0 Å². The third-order valence-corrected chi connectivity index (χ3v) is 4.74. The summed E-state index contributed by atoms with van der Waals surface area (Å²) in [6.07, 6.45) is 3.45. The molecule has 3 rings (SSSR count). The van der Waals surface area contributed by atoms with E-state index in [2.05, 4.69) is 17.4 Å². The maximum absolute atomic E-state index is 12.3. The Morgan fingerprint density at radius 3 is 2.43 bits per heavy atom. The summed E-state index contributed by atoms with van der Waals surface area (Å²) >= 11 is 0. The summed E-state index contributed by atoms with van der Waals surface area (Å²) in [5, 5.41) is 2.96. The van der Waals surface area contributed by atoms with Crippen LogP contribution in [0.1, 0.15) is 49.0 Å². The number of hydrogen-bond acceptors (Lipinski definition) is 3. The lowest BCUT2D eigenvalue weighted by molar-refractivity contribution is -0.117. The van der Waals surface area contributed by atoms with Gasteiger partial charge in [-0.1, -0.05) is 12.1 Å². The van der Waals surface area contributed by atoms with Gasteiger partial charge in [-0.2, -0.15) is 0 Å². The Labute approximate surface area is 166 Å². The Bertz CT molecular complexity index is 798. The minimum atomic E-state index is -0.0834. The lowest BCUT2D eigenvalue weighted by Crippen LogP contribution is -2.25. The van der Waals surface area contributed by atoms with Gasteiger partial charge >= 0.3 is 0 Å². The van der Waals surface area contributed by atoms with Crippen LogP contribution in [0.5, 0.6) is 5.75 Å². The normalized spacial score (nSPS) is 13.8. The average Bonchev–Trinajstić information content (AvgIpc) is 3.12. The second-order valence-electron chi connectivity index (χ2n) is 7.37. The number of nitrogens with zero attached hydrogens (tertiary/aromatic N) is 1. The zero-order valence-electron chi connectivity index (χ0n) is 16.6. The van der Waals surface area contributed by atoms with E-state index in [0.717, 1.165) is 37.2 Å². The fourth-order valence-corrected chi connectivity index (χ4v) is 3.32. The standard InChI is InChI=1S/C23H28N2O3/c1-17(2)28-21-13-7-18(8-14-21)5-3-15-24-23(27)19-9-11-20(12-10-19)25-16-4-6-22(25)26/h7-14,17H,3-6,15-16H2,1-2H3,(H,24,27). The van der Waals surface area contributed by atoms with Crippen molar-refractivity contribution >= 4 is 17.5 Å². The summed E-state index contributed by atoms with van der Waals surface area (Å²) in [5.74, 6) is 0.951. The molecule has 0 saturated carbocycles. The van der Waals surface area contributed by atoms with E-state index in [1.54, 1.807) is 17.0 Å². The zero-order chi connectivity index (χ0) is 19.9. The highest BCUT2D eigenvalue weighted by atomic mass is 16.5. The first kappa shape index (κ1) is 19.9. The number of hydrogen-bond donors (Lipinski definition) is 1. The molecule has 1 fully saturated rings. The van der Waals surface area contributed by atoms with E-state index in [1.165, 1.54) is 5.56 Å². The molecule has 0 atom stereocenters. The number of nitrogens with one attached hydrogen (secondary N) is 1. The van der Waals surface area contributed by atoms with Gasteiger partial charge in [0.15, 0.2) is 0 Å². The van der Waals surface area contributed by atoms with Gasteiger partial charge in [0.1, 0.15) is 5.75 Å². The highest BCUT2D eigenvalue weighted by Crippen LogP contribution is 2.21. The van der Waals surface area contributed by atoms with Crippen molar-refractivity contribution in [2.24, 2.45) is 0 Å². The van der Waals surface area contributed by atoms with Crippen molar-refractivity contribution in [1.82, 2.24) is 5.32 Å². The molecule has 148 valence electrons. The summed E-state index contributed by atoms with van der Waals surface area (Å²) < 4.78 is 5.64. The van der Waals surface area contributed by atoms with Crippen LogP contribution in [0, 0.1) is 0 Å². The second kappa shape index (κ2) is 9.40. The van der Waals surface area contributed by atoms with Gasteiger partial charge in [0, 0.05) is 30.8 Å². The number of aryl methyl sites for hydroxylation is 1. The fraction of sp³-hybridized carbons (Fsp3) is 0.391. The molecule has 0 spiro atoms. The molecular formula is C23H28N2O3. The number of carbonyl (C=O) groups excluding carboxylic acids is 2. The average molecular weight is 380 g/mol. The topological polar surface area (TPSA) is 58.6 Å². The smallest absolute Gasteiger partial charge is 0.251 e. The zero-order valence-corrected chi connectivity index (χ0v) is 16.6. The number of anilines is 1.